The lowest BCUT2D eigenvalue weighted by Gasteiger charge is -2.19. The van der Waals surface area contributed by atoms with Crippen LogP contribution in [0.15, 0.2) is 24.3 Å². The number of ether oxygens (including phenoxy) is 1. The number of carbonyl (C=O) groups is 1. The Kier molecular flexibility index (Phi) is 4.04. The summed E-state index contributed by atoms with van der Waals surface area (Å²) in [5, 5.41) is 5.70. The minimum atomic E-state index is -0.195. The minimum absolute atomic E-state index is 0.112. The van der Waals surface area contributed by atoms with Gasteiger partial charge >= 0.3 is 6.03 Å². The minimum Gasteiger partial charge on any atom is -0.399 e. The number of hydrogen-bond acceptors (Lipinski definition) is 3. The van der Waals surface area contributed by atoms with E-state index in [0.717, 1.165) is 25.3 Å². The van der Waals surface area contributed by atoms with Crippen LogP contribution in [0.25, 0.3) is 0 Å². The fourth-order valence-corrected chi connectivity index (χ4v) is 2.01. The molecule has 0 saturated carbocycles. The van der Waals surface area contributed by atoms with Crippen LogP contribution in [-0.4, -0.2) is 25.3 Å². The Hall–Kier alpha value is -1.75. The van der Waals surface area contributed by atoms with Crippen molar-refractivity contribution in [1.29, 1.82) is 0 Å². The Morgan fingerprint density at radius 2 is 2.17 bits per heavy atom. The molecule has 1 aromatic carbocycles. The summed E-state index contributed by atoms with van der Waals surface area (Å²) in [6.45, 7) is 3.52. The summed E-state index contributed by atoms with van der Waals surface area (Å²) in [6.07, 6.45) is 1.00. The summed E-state index contributed by atoms with van der Waals surface area (Å²) in [5.74, 6) is 0.405. The van der Waals surface area contributed by atoms with Gasteiger partial charge in [-0.25, -0.2) is 4.79 Å². The van der Waals surface area contributed by atoms with Crippen molar-refractivity contribution in [3.63, 3.8) is 0 Å². The molecule has 5 nitrogen and oxygen atoms in total. The Labute approximate surface area is 107 Å². The third kappa shape index (κ3) is 3.37. The van der Waals surface area contributed by atoms with E-state index in [-0.39, 0.29) is 12.1 Å². The van der Waals surface area contributed by atoms with E-state index in [4.69, 9.17) is 10.5 Å². The number of nitrogens with two attached hydrogens (primary N) is 1. The highest BCUT2D eigenvalue weighted by Crippen LogP contribution is 2.16. The van der Waals surface area contributed by atoms with Gasteiger partial charge in [0, 0.05) is 29.9 Å². The van der Waals surface area contributed by atoms with E-state index in [1.807, 2.05) is 6.92 Å². The zero-order chi connectivity index (χ0) is 13.0. The number of anilines is 2. The molecule has 0 spiro atoms. The fourth-order valence-electron chi connectivity index (χ4n) is 2.01. The van der Waals surface area contributed by atoms with Crippen LogP contribution >= 0.6 is 0 Å². The molecule has 1 aliphatic heterocycles. The number of carbonyl (C=O) groups excluding carboxylic acids is 1. The first-order valence-electron chi connectivity index (χ1n) is 6.16. The summed E-state index contributed by atoms with van der Waals surface area (Å²) in [7, 11) is 0. The first-order valence-corrected chi connectivity index (χ1v) is 6.16. The predicted octanol–water partition coefficient (Wildman–Crippen LogP) is 1.82. The lowest BCUT2D eigenvalue weighted by Crippen LogP contribution is -2.40. The Bertz CT molecular complexity index is 399. The van der Waals surface area contributed by atoms with E-state index in [9.17, 15) is 4.79 Å². The average Bonchev–Trinajstić information content (AvgIpc) is 2.85. The van der Waals surface area contributed by atoms with Gasteiger partial charge in [0.1, 0.15) is 0 Å². The van der Waals surface area contributed by atoms with Gasteiger partial charge in [0.15, 0.2) is 0 Å². The smallest absolute Gasteiger partial charge is 0.319 e. The van der Waals surface area contributed by atoms with Gasteiger partial charge in [-0.05, 0) is 37.6 Å². The molecule has 0 radical (unpaired) electrons. The van der Waals surface area contributed by atoms with Crippen LogP contribution in [0.4, 0.5) is 16.2 Å². The highest BCUT2D eigenvalue weighted by atomic mass is 16.5. The Morgan fingerprint density at radius 1 is 1.44 bits per heavy atom. The molecule has 5 heteroatoms. The van der Waals surface area contributed by atoms with E-state index >= 15 is 0 Å². The molecule has 98 valence electrons. The van der Waals surface area contributed by atoms with Crippen molar-refractivity contribution in [3.05, 3.63) is 24.3 Å². The molecule has 18 heavy (non-hydrogen) atoms. The molecule has 2 rings (SSSR count). The van der Waals surface area contributed by atoms with Crippen molar-refractivity contribution in [1.82, 2.24) is 5.32 Å². The van der Waals surface area contributed by atoms with E-state index in [2.05, 4.69) is 10.6 Å². The topological polar surface area (TPSA) is 76.4 Å². The number of nitrogen functional groups attached to an aromatic ring is 1. The molecule has 2 unspecified atom stereocenters. The van der Waals surface area contributed by atoms with Crippen LogP contribution in [0.1, 0.15) is 13.3 Å². The predicted molar refractivity (Wildman–Crippen MR) is 71.4 cm³/mol. The van der Waals surface area contributed by atoms with Crippen molar-refractivity contribution in [2.45, 2.75) is 19.4 Å². The molecular formula is C13H19N3O2. The third-order valence-electron chi connectivity index (χ3n) is 3.20. The molecular weight excluding hydrogens is 230 g/mol. The summed E-state index contributed by atoms with van der Waals surface area (Å²) in [5.41, 5.74) is 6.99. The fraction of sp³-hybridized carbons (Fsp3) is 0.462. The van der Waals surface area contributed by atoms with Gasteiger partial charge in [0.2, 0.25) is 0 Å². The van der Waals surface area contributed by atoms with Gasteiger partial charge in [0.05, 0.1) is 6.61 Å². The molecule has 0 aliphatic carbocycles. The Morgan fingerprint density at radius 3 is 2.78 bits per heavy atom. The van der Waals surface area contributed by atoms with Crippen LogP contribution in [0, 0.1) is 5.92 Å². The van der Waals surface area contributed by atoms with E-state index in [1.54, 1.807) is 24.3 Å². The van der Waals surface area contributed by atoms with E-state index in [1.165, 1.54) is 0 Å². The van der Waals surface area contributed by atoms with E-state index in [0.29, 0.717) is 11.6 Å². The van der Waals surface area contributed by atoms with Crippen LogP contribution < -0.4 is 16.4 Å². The van der Waals surface area contributed by atoms with Crippen molar-refractivity contribution >= 4 is 17.4 Å². The number of hydrogen-bond donors (Lipinski definition) is 3. The molecule has 1 aromatic rings. The van der Waals surface area contributed by atoms with Gasteiger partial charge in [-0.3, -0.25) is 0 Å². The highest BCUT2D eigenvalue weighted by Gasteiger charge is 2.23. The number of urea groups is 1. The number of nitrogens with one attached hydrogen (secondary N) is 2. The normalized spacial score (nSPS) is 20.4. The van der Waals surface area contributed by atoms with Crippen molar-refractivity contribution < 1.29 is 9.53 Å². The molecule has 2 atom stereocenters. The quantitative estimate of drug-likeness (QED) is 0.715. The molecule has 0 bridgehead atoms. The summed E-state index contributed by atoms with van der Waals surface area (Å²) in [4.78, 5) is 11.8. The van der Waals surface area contributed by atoms with Crippen LogP contribution in [0.5, 0.6) is 0 Å². The van der Waals surface area contributed by atoms with Crippen molar-refractivity contribution in [2.24, 2.45) is 5.92 Å². The van der Waals surface area contributed by atoms with Gasteiger partial charge in [-0.1, -0.05) is 0 Å². The maximum Gasteiger partial charge on any atom is 0.319 e. The van der Waals surface area contributed by atoms with Gasteiger partial charge < -0.3 is 21.1 Å². The van der Waals surface area contributed by atoms with Gasteiger partial charge in [0.25, 0.3) is 0 Å². The number of amides is 2. The van der Waals surface area contributed by atoms with Gasteiger partial charge in [-0.15, -0.1) is 0 Å². The van der Waals surface area contributed by atoms with Crippen molar-refractivity contribution in [2.75, 3.05) is 24.3 Å². The molecule has 1 saturated heterocycles. The molecule has 1 fully saturated rings. The lowest BCUT2D eigenvalue weighted by molar-refractivity contribution is 0.178. The zero-order valence-electron chi connectivity index (χ0n) is 10.5. The molecule has 4 N–H and O–H groups in total. The highest BCUT2D eigenvalue weighted by molar-refractivity contribution is 5.89. The third-order valence-corrected chi connectivity index (χ3v) is 3.20. The van der Waals surface area contributed by atoms with Gasteiger partial charge in [-0.2, -0.15) is 0 Å². The summed E-state index contributed by atoms with van der Waals surface area (Å²) >= 11 is 0. The summed E-state index contributed by atoms with van der Waals surface area (Å²) in [6, 6.07) is 6.98. The number of benzene rings is 1. The lowest BCUT2D eigenvalue weighted by atomic mass is 10.0. The number of rotatable bonds is 3. The second-order valence-corrected chi connectivity index (χ2v) is 4.63. The summed E-state index contributed by atoms with van der Waals surface area (Å²) < 4.78 is 5.31. The zero-order valence-corrected chi connectivity index (χ0v) is 10.5. The molecule has 1 heterocycles. The van der Waals surface area contributed by atoms with E-state index < -0.39 is 0 Å². The largest absolute Gasteiger partial charge is 0.399 e. The molecule has 0 aromatic heterocycles. The van der Waals surface area contributed by atoms with Crippen LogP contribution in [0.3, 0.4) is 0 Å². The standard InChI is InChI=1S/C13H19N3O2/c1-9(10-6-7-18-8-10)15-13(17)16-12-4-2-11(14)3-5-12/h2-5,9-10H,6-8,14H2,1H3,(H2,15,16,17). The second kappa shape index (κ2) is 5.73. The van der Waals surface area contributed by atoms with Crippen LogP contribution in [-0.2, 0) is 4.74 Å². The Balaban J connectivity index is 1.82. The van der Waals surface area contributed by atoms with Crippen LogP contribution in [0.2, 0.25) is 0 Å². The maximum atomic E-state index is 11.8. The molecule has 2 amide bonds. The first-order chi connectivity index (χ1) is 8.65. The first kappa shape index (κ1) is 12.7. The SMILES string of the molecule is CC(NC(=O)Nc1ccc(N)cc1)C1CCOC1. The van der Waals surface area contributed by atoms with Crippen molar-refractivity contribution in [3.8, 4) is 0 Å². The molecule has 1 aliphatic rings. The average molecular weight is 249 g/mol. The second-order valence-electron chi connectivity index (χ2n) is 4.63. The monoisotopic (exact) mass is 249 g/mol. The maximum absolute atomic E-state index is 11.8.